The largest absolute Gasteiger partial charge is 0.417 e. The van der Waals surface area contributed by atoms with E-state index in [0.717, 1.165) is 17.8 Å². The van der Waals surface area contributed by atoms with Gasteiger partial charge in [-0.25, -0.2) is 19.2 Å². The number of nitrogens with one attached hydrogen (secondary N) is 2. The van der Waals surface area contributed by atoms with E-state index in [2.05, 4.69) is 41.7 Å². The van der Waals surface area contributed by atoms with Gasteiger partial charge in [-0.05, 0) is 30.0 Å². The van der Waals surface area contributed by atoms with Crippen LogP contribution in [0.2, 0.25) is 0 Å². The van der Waals surface area contributed by atoms with Gasteiger partial charge in [0.15, 0.2) is 0 Å². The van der Waals surface area contributed by atoms with Gasteiger partial charge in [-0.15, -0.1) is 11.8 Å². The van der Waals surface area contributed by atoms with E-state index in [-0.39, 0.29) is 4.90 Å². The van der Waals surface area contributed by atoms with Gasteiger partial charge in [-0.1, -0.05) is 22.9 Å². The monoisotopic (exact) mass is 587 g/mol. The summed E-state index contributed by atoms with van der Waals surface area (Å²) in [6.07, 6.45) is -1.57. The van der Waals surface area contributed by atoms with Crippen LogP contribution < -0.4 is 10.7 Å². The summed E-state index contributed by atoms with van der Waals surface area (Å²) in [6.45, 7) is 1.65. The van der Waals surface area contributed by atoms with E-state index in [1.165, 1.54) is 12.4 Å². The third kappa shape index (κ3) is 6.85. The van der Waals surface area contributed by atoms with Gasteiger partial charge in [0, 0.05) is 27.8 Å². The second-order valence-electron chi connectivity index (χ2n) is 6.86. The smallest absolute Gasteiger partial charge is 0.317 e. The topological polar surface area (TPSA) is 96.3 Å². The molecule has 7 nitrogen and oxygen atoms in total. The molecule has 0 fully saturated rings. The number of carbonyl (C=O) groups excluding carboxylic acids is 2. The van der Waals surface area contributed by atoms with Crippen molar-refractivity contribution in [1.29, 1.82) is 0 Å². The first-order valence-electron chi connectivity index (χ1n) is 9.95. The number of halogens is 6. The van der Waals surface area contributed by atoms with Crippen molar-refractivity contribution >= 4 is 51.4 Å². The first kappa shape index (κ1) is 27.2. The molecule has 2 amide bonds. The molecule has 0 bridgehead atoms. The Morgan fingerprint density at radius 2 is 1.89 bits per heavy atom. The van der Waals surface area contributed by atoms with Gasteiger partial charge in [0.05, 0.1) is 28.7 Å². The summed E-state index contributed by atoms with van der Waals surface area (Å²) in [6, 6.07) is 5.10. The van der Waals surface area contributed by atoms with Crippen LogP contribution in [-0.4, -0.2) is 33.7 Å². The van der Waals surface area contributed by atoms with Gasteiger partial charge in [-0.2, -0.15) is 18.3 Å². The molecule has 0 saturated carbocycles. The van der Waals surface area contributed by atoms with E-state index in [1.54, 1.807) is 19.1 Å². The van der Waals surface area contributed by atoms with Crippen LogP contribution in [0.1, 0.15) is 39.0 Å². The Labute approximate surface area is 213 Å². The molecule has 1 aromatic carbocycles. The SMILES string of the molecule is CCSc1cc(C(F)(F)F)cnc1C(=O)Nc1c(F)cc(F)cc1C(=O)NN=Cc1cc(Br)ccn1. The highest BCUT2D eigenvalue weighted by Crippen LogP contribution is 2.33. The maximum absolute atomic E-state index is 14.6. The van der Waals surface area contributed by atoms with Gasteiger partial charge in [0.25, 0.3) is 11.8 Å². The molecule has 0 spiro atoms. The zero-order valence-electron chi connectivity index (χ0n) is 18.2. The van der Waals surface area contributed by atoms with E-state index < -0.39 is 52.1 Å². The predicted octanol–water partition coefficient (Wildman–Crippen LogP) is 5.66. The number of anilines is 1. The number of amides is 2. The summed E-state index contributed by atoms with van der Waals surface area (Å²) < 4.78 is 68.3. The average molecular weight is 588 g/mol. The first-order valence-corrected chi connectivity index (χ1v) is 11.7. The normalized spacial score (nSPS) is 11.5. The van der Waals surface area contributed by atoms with Crippen LogP contribution in [0.5, 0.6) is 0 Å². The number of hydrazone groups is 1. The maximum atomic E-state index is 14.6. The van der Waals surface area contributed by atoms with Crippen molar-refractivity contribution in [3.8, 4) is 0 Å². The van der Waals surface area contributed by atoms with Crippen molar-refractivity contribution in [1.82, 2.24) is 15.4 Å². The quantitative estimate of drug-likeness (QED) is 0.161. The highest BCUT2D eigenvalue weighted by Gasteiger charge is 2.32. The highest BCUT2D eigenvalue weighted by atomic mass is 79.9. The summed E-state index contributed by atoms with van der Waals surface area (Å²) >= 11 is 4.15. The van der Waals surface area contributed by atoms with Crippen molar-refractivity contribution < 1.29 is 31.5 Å². The maximum Gasteiger partial charge on any atom is 0.417 e. The Hall–Kier alpha value is -3.39. The number of carbonyl (C=O) groups is 2. The fourth-order valence-electron chi connectivity index (χ4n) is 2.80. The predicted molar refractivity (Wildman–Crippen MR) is 127 cm³/mol. The molecule has 36 heavy (non-hydrogen) atoms. The molecule has 0 aliphatic rings. The number of thioether (sulfide) groups is 1. The van der Waals surface area contributed by atoms with Crippen molar-refractivity contribution in [2.24, 2.45) is 5.10 Å². The van der Waals surface area contributed by atoms with E-state index in [0.29, 0.717) is 34.2 Å². The zero-order chi connectivity index (χ0) is 26.5. The molecule has 188 valence electrons. The molecular formula is C22H15BrF5N5O2S. The molecule has 0 aliphatic heterocycles. The van der Waals surface area contributed by atoms with Crippen LogP contribution in [0.4, 0.5) is 27.6 Å². The zero-order valence-corrected chi connectivity index (χ0v) is 20.6. The lowest BCUT2D eigenvalue weighted by Crippen LogP contribution is -2.23. The summed E-state index contributed by atoms with van der Waals surface area (Å²) in [5, 5.41) is 5.79. The minimum atomic E-state index is -4.69. The molecule has 3 aromatic rings. The number of hydrogen-bond acceptors (Lipinski definition) is 6. The third-order valence-corrected chi connectivity index (χ3v) is 5.74. The molecule has 0 saturated heterocycles. The molecule has 2 aromatic heterocycles. The number of alkyl halides is 3. The minimum absolute atomic E-state index is 0.107. The Morgan fingerprint density at radius 1 is 1.14 bits per heavy atom. The van der Waals surface area contributed by atoms with Gasteiger partial charge in [-0.3, -0.25) is 14.6 Å². The van der Waals surface area contributed by atoms with E-state index in [4.69, 9.17) is 0 Å². The van der Waals surface area contributed by atoms with E-state index in [1.807, 2.05) is 0 Å². The summed E-state index contributed by atoms with van der Waals surface area (Å²) in [5.74, 6) is -4.25. The lowest BCUT2D eigenvalue weighted by atomic mass is 10.1. The molecule has 0 unspecified atom stereocenters. The molecule has 0 atom stereocenters. The number of rotatable bonds is 7. The highest BCUT2D eigenvalue weighted by molar-refractivity contribution is 9.10. The average Bonchev–Trinajstić information content (AvgIpc) is 2.80. The first-order chi connectivity index (χ1) is 17.0. The number of pyridine rings is 2. The summed E-state index contributed by atoms with van der Waals surface area (Å²) in [4.78, 5) is 32.9. The standard InChI is InChI=1S/C22H15BrF5N5O2S/c1-2-36-17-5-11(22(26,27)28)9-30-19(17)21(35)32-18-15(7-13(24)8-16(18)25)20(34)33-31-10-14-6-12(23)3-4-29-14/h3-10H,2H2,1H3,(H,32,35)(H,33,34). The molecule has 0 radical (unpaired) electrons. The third-order valence-electron chi connectivity index (χ3n) is 4.34. The van der Waals surface area contributed by atoms with Crippen LogP contribution in [0.25, 0.3) is 0 Å². The van der Waals surface area contributed by atoms with Crippen LogP contribution in [0.15, 0.2) is 57.2 Å². The van der Waals surface area contributed by atoms with Crippen molar-refractivity contribution in [2.45, 2.75) is 18.0 Å². The number of aromatic nitrogens is 2. The van der Waals surface area contributed by atoms with Crippen molar-refractivity contribution in [3.63, 3.8) is 0 Å². The molecule has 3 rings (SSSR count). The second-order valence-corrected chi connectivity index (χ2v) is 9.09. The lowest BCUT2D eigenvalue weighted by Gasteiger charge is -2.14. The Bertz CT molecular complexity index is 1340. The van der Waals surface area contributed by atoms with Gasteiger partial charge < -0.3 is 5.32 Å². The van der Waals surface area contributed by atoms with Gasteiger partial charge >= 0.3 is 6.18 Å². The van der Waals surface area contributed by atoms with Crippen molar-refractivity contribution in [2.75, 3.05) is 11.1 Å². The summed E-state index contributed by atoms with van der Waals surface area (Å²) in [5.41, 5.74) is -0.379. The fraction of sp³-hybridized carbons (Fsp3) is 0.136. The molecule has 0 aliphatic carbocycles. The number of hydrogen-bond donors (Lipinski definition) is 2. The van der Waals surface area contributed by atoms with E-state index >= 15 is 0 Å². The number of benzene rings is 1. The van der Waals surface area contributed by atoms with Crippen LogP contribution in [-0.2, 0) is 6.18 Å². The van der Waals surface area contributed by atoms with Crippen molar-refractivity contribution in [3.05, 3.63) is 81.3 Å². The lowest BCUT2D eigenvalue weighted by molar-refractivity contribution is -0.138. The van der Waals surface area contributed by atoms with E-state index in [9.17, 15) is 31.5 Å². The Morgan fingerprint density at radius 3 is 2.56 bits per heavy atom. The number of nitrogens with zero attached hydrogens (tertiary/aromatic N) is 3. The molecule has 2 N–H and O–H groups in total. The Balaban J connectivity index is 1.89. The minimum Gasteiger partial charge on any atom is -0.317 e. The molecule has 14 heteroatoms. The Kier molecular flexibility index (Phi) is 8.74. The second kappa shape index (κ2) is 11.6. The van der Waals surface area contributed by atoms with Crippen LogP contribution >= 0.6 is 27.7 Å². The van der Waals surface area contributed by atoms with Gasteiger partial charge in [0.2, 0.25) is 0 Å². The van der Waals surface area contributed by atoms with Crippen LogP contribution in [0, 0.1) is 11.6 Å². The van der Waals surface area contributed by atoms with Gasteiger partial charge in [0.1, 0.15) is 17.3 Å². The molecular weight excluding hydrogens is 573 g/mol. The van der Waals surface area contributed by atoms with Crippen LogP contribution in [0.3, 0.4) is 0 Å². The molecule has 2 heterocycles. The fourth-order valence-corrected chi connectivity index (χ4v) is 3.95. The summed E-state index contributed by atoms with van der Waals surface area (Å²) in [7, 11) is 0.